The van der Waals surface area contributed by atoms with E-state index in [1.165, 1.54) is 12.1 Å². The van der Waals surface area contributed by atoms with Crippen molar-refractivity contribution >= 4 is 29.1 Å². The number of para-hydroxylation sites is 2. The standard InChI is InChI=1S/C22H16F3NO2/c23-22(24,25)20(21(27)28)15-16-11-13-19(14-12-16)26(17-7-3-1-4-8-17)18-9-5-2-6-10-18/h1-15H,(H,27,28)/b20-15-. The molecule has 3 aromatic rings. The molecule has 0 amide bonds. The Morgan fingerprint density at radius 3 is 1.57 bits per heavy atom. The highest BCUT2D eigenvalue weighted by Gasteiger charge is 2.38. The lowest BCUT2D eigenvalue weighted by Crippen LogP contribution is -2.19. The quantitative estimate of drug-likeness (QED) is 0.534. The van der Waals surface area contributed by atoms with Crippen LogP contribution >= 0.6 is 0 Å². The maximum absolute atomic E-state index is 12.8. The summed E-state index contributed by atoms with van der Waals surface area (Å²) in [5.41, 5.74) is 1.05. The van der Waals surface area contributed by atoms with E-state index < -0.39 is 17.7 Å². The fourth-order valence-corrected chi connectivity index (χ4v) is 2.75. The smallest absolute Gasteiger partial charge is 0.423 e. The number of carboxylic acids is 1. The zero-order valence-corrected chi connectivity index (χ0v) is 14.6. The van der Waals surface area contributed by atoms with Crippen molar-refractivity contribution in [2.24, 2.45) is 0 Å². The number of hydrogen-bond donors (Lipinski definition) is 1. The highest BCUT2D eigenvalue weighted by atomic mass is 19.4. The number of benzene rings is 3. The first-order chi connectivity index (χ1) is 13.4. The van der Waals surface area contributed by atoms with Crippen molar-refractivity contribution in [3.05, 3.63) is 96.1 Å². The summed E-state index contributed by atoms with van der Waals surface area (Å²) in [4.78, 5) is 12.9. The molecule has 0 radical (unpaired) electrons. The summed E-state index contributed by atoms with van der Waals surface area (Å²) in [6.07, 6.45) is -4.30. The number of carbonyl (C=O) groups is 1. The highest BCUT2D eigenvalue weighted by molar-refractivity contribution is 5.93. The monoisotopic (exact) mass is 383 g/mol. The van der Waals surface area contributed by atoms with Crippen molar-refractivity contribution in [1.29, 1.82) is 0 Å². The van der Waals surface area contributed by atoms with Crippen LogP contribution in [0.15, 0.2) is 90.5 Å². The van der Waals surface area contributed by atoms with Crippen LogP contribution in [0.25, 0.3) is 6.08 Å². The molecule has 6 heteroatoms. The van der Waals surface area contributed by atoms with Crippen LogP contribution in [0, 0.1) is 0 Å². The van der Waals surface area contributed by atoms with Gasteiger partial charge in [-0.05, 0) is 48.0 Å². The minimum absolute atomic E-state index is 0.152. The molecule has 0 fully saturated rings. The Morgan fingerprint density at radius 1 is 0.750 bits per heavy atom. The average molecular weight is 383 g/mol. The van der Waals surface area contributed by atoms with Crippen LogP contribution in [-0.2, 0) is 4.79 Å². The van der Waals surface area contributed by atoms with E-state index >= 15 is 0 Å². The second-order valence-electron chi connectivity index (χ2n) is 5.96. The maximum Gasteiger partial charge on any atom is 0.423 e. The number of nitrogens with zero attached hydrogens (tertiary/aromatic N) is 1. The molecule has 3 nitrogen and oxygen atoms in total. The molecule has 0 aromatic heterocycles. The number of halogens is 3. The lowest BCUT2D eigenvalue weighted by Gasteiger charge is -2.25. The van der Waals surface area contributed by atoms with Crippen LogP contribution in [0.4, 0.5) is 30.2 Å². The SMILES string of the molecule is O=C(O)/C(=C/c1ccc(N(c2ccccc2)c2ccccc2)cc1)C(F)(F)F. The summed E-state index contributed by atoms with van der Waals surface area (Å²) >= 11 is 0. The summed E-state index contributed by atoms with van der Waals surface area (Å²) in [5, 5.41) is 8.81. The summed E-state index contributed by atoms with van der Waals surface area (Å²) < 4.78 is 38.5. The van der Waals surface area contributed by atoms with Gasteiger partial charge in [0.2, 0.25) is 0 Å². The van der Waals surface area contributed by atoms with Crippen LogP contribution < -0.4 is 4.90 Å². The summed E-state index contributed by atoms with van der Waals surface area (Å²) in [6, 6.07) is 25.3. The molecular weight excluding hydrogens is 367 g/mol. The molecule has 0 aliphatic carbocycles. The molecular formula is C22H16F3NO2. The topological polar surface area (TPSA) is 40.5 Å². The molecule has 142 valence electrons. The number of alkyl halides is 3. The second kappa shape index (κ2) is 8.00. The van der Waals surface area contributed by atoms with Crippen molar-refractivity contribution in [1.82, 2.24) is 0 Å². The minimum atomic E-state index is -4.93. The van der Waals surface area contributed by atoms with E-state index in [0.717, 1.165) is 17.1 Å². The van der Waals surface area contributed by atoms with Gasteiger partial charge < -0.3 is 10.0 Å². The summed E-state index contributed by atoms with van der Waals surface area (Å²) in [5.74, 6) is -2.01. The van der Waals surface area contributed by atoms with Gasteiger partial charge in [-0.25, -0.2) is 4.79 Å². The Balaban J connectivity index is 2.01. The first-order valence-corrected chi connectivity index (χ1v) is 8.39. The molecule has 0 heterocycles. The third kappa shape index (κ3) is 4.40. The number of anilines is 3. The minimum Gasteiger partial charge on any atom is -0.478 e. The number of aliphatic carboxylic acids is 1. The third-order valence-electron chi connectivity index (χ3n) is 4.03. The Morgan fingerprint density at radius 2 is 1.18 bits per heavy atom. The van der Waals surface area contributed by atoms with Gasteiger partial charge in [0.05, 0.1) is 0 Å². The Bertz CT molecular complexity index is 927. The van der Waals surface area contributed by atoms with Gasteiger partial charge in [-0.1, -0.05) is 48.5 Å². The Kier molecular flexibility index (Phi) is 5.49. The van der Waals surface area contributed by atoms with Gasteiger partial charge in [-0.2, -0.15) is 13.2 Å². The van der Waals surface area contributed by atoms with Gasteiger partial charge in [0.15, 0.2) is 0 Å². The molecule has 0 aliphatic heterocycles. The van der Waals surface area contributed by atoms with E-state index in [1.54, 1.807) is 12.1 Å². The summed E-state index contributed by atoms with van der Waals surface area (Å²) in [6.45, 7) is 0. The fraction of sp³-hybridized carbons (Fsp3) is 0.0455. The molecule has 0 saturated heterocycles. The lowest BCUT2D eigenvalue weighted by atomic mass is 10.1. The van der Waals surface area contributed by atoms with Crippen molar-refractivity contribution in [3.63, 3.8) is 0 Å². The van der Waals surface area contributed by atoms with Crippen LogP contribution in [-0.4, -0.2) is 17.3 Å². The Hall–Kier alpha value is -3.54. The van der Waals surface area contributed by atoms with Crippen molar-refractivity contribution in [2.45, 2.75) is 6.18 Å². The number of rotatable bonds is 5. The average Bonchev–Trinajstić information content (AvgIpc) is 2.68. The van der Waals surface area contributed by atoms with Crippen molar-refractivity contribution in [3.8, 4) is 0 Å². The van der Waals surface area contributed by atoms with Crippen LogP contribution in [0.3, 0.4) is 0 Å². The van der Waals surface area contributed by atoms with Gasteiger partial charge in [-0.15, -0.1) is 0 Å². The van der Waals surface area contributed by atoms with Gasteiger partial charge in [0.25, 0.3) is 0 Å². The Labute approximate surface area is 160 Å². The molecule has 0 aliphatic rings. The first-order valence-electron chi connectivity index (χ1n) is 8.39. The lowest BCUT2D eigenvalue weighted by molar-refractivity contribution is -0.144. The molecule has 1 N–H and O–H groups in total. The van der Waals surface area contributed by atoms with Crippen molar-refractivity contribution in [2.75, 3.05) is 4.90 Å². The molecule has 0 atom stereocenters. The molecule has 28 heavy (non-hydrogen) atoms. The molecule has 3 rings (SSSR count). The van der Waals surface area contributed by atoms with Gasteiger partial charge >= 0.3 is 12.1 Å². The van der Waals surface area contributed by atoms with E-state index in [0.29, 0.717) is 6.08 Å². The van der Waals surface area contributed by atoms with E-state index in [2.05, 4.69) is 0 Å². The zero-order chi connectivity index (χ0) is 20.1. The number of carboxylic acid groups (broad SMARTS) is 1. The molecule has 0 saturated carbocycles. The number of hydrogen-bond acceptors (Lipinski definition) is 2. The van der Waals surface area contributed by atoms with E-state index in [1.807, 2.05) is 65.6 Å². The van der Waals surface area contributed by atoms with Gasteiger partial charge in [0.1, 0.15) is 5.57 Å². The summed E-state index contributed by atoms with van der Waals surface area (Å²) in [7, 11) is 0. The molecule has 0 unspecified atom stereocenters. The van der Waals surface area contributed by atoms with Crippen LogP contribution in [0.2, 0.25) is 0 Å². The molecule has 0 bridgehead atoms. The van der Waals surface area contributed by atoms with Crippen LogP contribution in [0.1, 0.15) is 5.56 Å². The largest absolute Gasteiger partial charge is 0.478 e. The third-order valence-corrected chi connectivity index (χ3v) is 4.03. The molecule has 0 spiro atoms. The predicted molar refractivity (Wildman–Crippen MR) is 103 cm³/mol. The normalized spacial score (nSPS) is 11.9. The molecule has 3 aromatic carbocycles. The first kappa shape index (κ1) is 19.2. The highest BCUT2D eigenvalue weighted by Crippen LogP contribution is 2.34. The predicted octanol–water partition coefficient (Wildman–Crippen LogP) is 6.19. The second-order valence-corrected chi connectivity index (χ2v) is 5.96. The fourth-order valence-electron chi connectivity index (χ4n) is 2.75. The van der Waals surface area contributed by atoms with E-state index in [-0.39, 0.29) is 5.56 Å². The van der Waals surface area contributed by atoms with E-state index in [9.17, 15) is 18.0 Å². The van der Waals surface area contributed by atoms with E-state index in [4.69, 9.17) is 5.11 Å². The maximum atomic E-state index is 12.8. The van der Waals surface area contributed by atoms with Crippen molar-refractivity contribution < 1.29 is 23.1 Å². The zero-order valence-electron chi connectivity index (χ0n) is 14.6. The van der Waals surface area contributed by atoms with Crippen LogP contribution in [0.5, 0.6) is 0 Å². The van der Waals surface area contributed by atoms with Gasteiger partial charge in [0, 0.05) is 17.1 Å². The van der Waals surface area contributed by atoms with Gasteiger partial charge in [-0.3, -0.25) is 0 Å².